The van der Waals surface area contributed by atoms with E-state index in [9.17, 15) is 4.79 Å². The molecule has 1 heterocycles. The van der Waals surface area contributed by atoms with Crippen molar-refractivity contribution in [3.8, 4) is 11.3 Å². The summed E-state index contributed by atoms with van der Waals surface area (Å²) >= 11 is 1.38. The molecule has 0 unspecified atom stereocenters. The summed E-state index contributed by atoms with van der Waals surface area (Å²) in [5.41, 5.74) is 2.85. The monoisotopic (exact) mass is 261 g/mol. The van der Waals surface area contributed by atoms with Gasteiger partial charge in [0.1, 0.15) is 4.88 Å². The highest BCUT2D eigenvalue weighted by Crippen LogP contribution is 2.28. The van der Waals surface area contributed by atoms with Gasteiger partial charge < -0.3 is 4.74 Å². The Morgan fingerprint density at radius 2 is 1.94 bits per heavy atom. The smallest absolute Gasteiger partial charge is 0.350 e. The van der Waals surface area contributed by atoms with Gasteiger partial charge in [0, 0.05) is 5.56 Å². The van der Waals surface area contributed by atoms with Crippen LogP contribution < -0.4 is 0 Å². The lowest BCUT2D eigenvalue weighted by Crippen LogP contribution is -2.03. The van der Waals surface area contributed by atoms with E-state index in [-0.39, 0.29) is 5.97 Å². The van der Waals surface area contributed by atoms with E-state index < -0.39 is 0 Å². The van der Waals surface area contributed by atoms with E-state index in [1.807, 2.05) is 38.1 Å². The Morgan fingerprint density at radius 1 is 1.28 bits per heavy atom. The van der Waals surface area contributed by atoms with Gasteiger partial charge in [0.25, 0.3) is 0 Å². The number of carbonyl (C=O) groups excluding carboxylic acids is 1. The summed E-state index contributed by atoms with van der Waals surface area (Å²) in [4.78, 5) is 16.9. The third-order valence-corrected chi connectivity index (χ3v) is 3.47. The van der Waals surface area contributed by atoms with Crippen molar-refractivity contribution in [1.82, 2.24) is 4.98 Å². The maximum atomic E-state index is 11.9. The first-order valence-corrected chi connectivity index (χ1v) is 6.65. The van der Waals surface area contributed by atoms with Crippen LogP contribution in [0.5, 0.6) is 0 Å². The molecule has 1 aromatic carbocycles. The first-order chi connectivity index (χ1) is 8.61. The Hall–Kier alpha value is -1.68. The Balaban J connectivity index is 2.44. The van der Waals surface area contributed by atoms with E-state index >= 15 is 0 Å². The lowest BCUT2D eigenvalue weighted by atomic mass is 10.1. The molecule has 2 aromatic rings. The molecule has 0 aliphatic rings. The fourth-order valence-corrected chi connectivity index (χ4v) is 2.50. The summed E-state index contributed by atoms with van der Waals surface area (Å²) in [5.74, 6) is -0.293. The van der Waals surface area contributed by atoms with Gasteiger partial charge in [0.15, 0.2) is 0 Å². The maximum Gasteiger partial charge on any atom is 0.350 e. The van der Waals surface area contributed by atoms with Gasteiger partial charge in [-0.15, -0.1) is 11.3 Å². The highest BCUT2D eigenvalue weighted by molar-refractivity contribution is 7.14. The van der Waals surface area contributed by atoms with Gasteiger partial charge in [-0.25, -0.2) is 9.78 Å². The molecule has 0 radical (unpaired) electrons. The minimum Gasteiger partial charge on any atom is -0.462 e. The Kier molecular flexibility index (Phi) is 3.77. The molecule has 1 aromatic heterocycles. The molecule has 94 valence electrons. The SMILES string of the molecule is CCOC(=O)c1sc(C)nc1-c1ccc(C)cc1. The van der Waals surface area contributed by atoms with Crippen LogP contribution in [0.4, 0.5) is 0 Å². The van der Waals surface area contributed by atoms with Crippen molar-refractivity contribution in [2.24, 2.45) is 0 Å². The second-order valence-electron chi connectivity index (χ2n) is 4.00. The predicted octanol–water partition coefficient (Wildman–Crippen LogP) is 3.60. The Bertz CT molecular complexity index is 558. The summed E-state index contributed by atoms with van der Waals surface area (Å²) in [5, 5.41) is 0.869. The molecule has 0 N–H and O–H groups in total. The molecule has 0 fully saturated rings. The van der Waals surface area contributed by atoms with Crippen LogP contribution in [0.3, 0.4) is 0 Å². The number of ether oxygens (including phenoxy) is 1. The standard InChI is InChI=1S/C14H15NO2S/c1-4-17-14(16)13-12(15-10(3)18-13)11-7-5-9(2)6-8-11/h5-8H,4H2,1-3H3. The zero-order chi connectivity index (χ0) is 13.1. The van der Waals surface area contributed by atoms with Gasteiger partial charge >= 0.3 is 5.97 Å². The Morgan fingerprint density at radius 3 is 2.56 bits per heavy atom. The second kappa shape index (κ2) is 5.31. The molecule has 4 heteroatoms. The van der Waals surface area contributed by atoms with E-state index in [0.29, 0.717) is 11.5 Å². The number of benzene rings is 1. The lowest BCUT2D eigenvalue weighted by molar-refractivity contribution is 0.0532. The molecule has 0 bridgehead atoms. The number of hydrogen-bond acceptors (Lipinski definition) is 4. The van der Waals surface area contributed by atoms with Crippen LogP contribution in [0.1, 0.15) is 27.2 Å². The molecule has 0 atom stereocenters. The fraction of sp³-hybridized carbons (Fsp3) is 0.286. The molecule has 0 saturated heterocycles. The molecular formula is C14H15NO2S. The summed E-state index contributed by atoms with van der Waals surface area (Å²) in [6.07, 6.45) is 0. The molecule has 0 amide bonds. The number of aromatic nitrogens is 1. The molecule has 0 saturated carbocycles. The van der Waals surface area contributed by atoms with Crippen LogP contribution in [0.25, 0.3) is 11.3 Å². The first kappa shape index (κ1) is 12.8. The third-order valence-electron chi connectivity index (χ3n) is 2.52. The van der Waals surface area contributed by atoms with E-state index in [2.05, 4.69) is 4.98 Å². The van der Waals surface area contributed by atoms with Crippen molar-refractivity contribution in [3.05, 3.63) is 39.7 Å². The number of aryl methyl sites for hydroxylation is 2. The molecule has 0 aliphatic heterocycles. The quantitative estimate of drug-likeness (QED) is 0.792. The van der Waals surface area contributed by atoms with E-state index in [4.69, 9.17) is 4.74 Å². The highest BCUT2D eigenvalue weighted by Gasteiger charge is 2.18. The number of hydrogen-bond donors (Lipinski definition) is 0. The largest absolute Gasteiger partial charge is 0.462 e. The van der Waals surface area contributed by atoms with Gasteiger partial charge in [-0.2, -0.15) is 0 Å². The van der Waals surface area contributed by atoms with Crippen molar-refractivity contribution >= 4 is 17.3 Å². The summed E-state index contributed by atoms with van der Waals surface area (Å²) < 4.78 is 5.06. The Labute approximate surface area is 110 Å². The number of rotatable bonds is 3. The van der Waals surface area contributed by atoms with Crippen LogP contribution in [0, 0.1) is 13.8 Å². The van der Waals surface area contributed by atoms with E-state index in [0.717, 1.165) is 16.3 Å². The number of thiazole rings is 1. The van der Waals surface area contributed by atoms with Crippen LogP contribution in [-0.2, 0) is 4.74 Å². The number of esters is 1. The summed E-state index contributed by atoms with van der Waals surface area (Å²) in [6.45, 7) is 6.11. The van der Waals surface area contributed by atoms with Crippen LogP contribution in [0.15, 0.2) is 24.3 Å². The summed E-state index contributed by atoms with van der Waals surface area (Å²) in [6, 6.07) is 7.98. The molecule has 18 heavy (non-hydrogen) atoms. The zero-order valence-corrected chi connectivity index (χ0v) is 11.5. The van der Waals surface area contributed by atoms with E-state index in [1.54, 1.807) is 6.92 Å². The first-order valence-electron chi connectivity index (χ1n) is 5.83. The topological polar surface area (TPSA) is 39.2 Å². The highest BCUT2D eigenvalue weighted by atomic mass is 32.1. The number of carbonyl (C=O) groups is 1. The van der Waals surface area contributed by atoms with E-state index in [1.165, 1.54) is 16.9 Å². The van der Waals surface area contributed by atoms with Crippen LogP contribution >= 0.6 is 11.3 Å². The summed E-state index contributed by atoms with van der Waals surface area (Å²) in [7, 11) is 0. The van der Waals surface area contributed by atoms with Crippen LogP contribution in [-0.4, -0.2) is 17.6 Å². The van der Waals surface area contributed by atoms with Crippen LogP contribution in [0.2, 0.25) is 0 Å². The molecular weight excluding hydrogens is 246 g/mol. The van der Waals surface area contributed by atoms with Gasteiger partial charge in [0.2, 0.25) is 0 Å². The average molecular weight is 261 g/mol. The van der Waals surface area contributed by atoms with Gasteiger partial charge in [-0.3, -0.25) is 0 Å². The second-order valence-corrected chi connectivity index (χ2v) is 5.20. The molecule has 3 nitrogen and oxygen atoms in total. The van der Waals surface area contributed by atoms with Crippen molar-refractivity contribution in [3.63, 3.8) is 0 Å². The minimum absolute atomic E-state index is 0.293. The number of nitrogens with zero attached hydrogens (tertiary/aromatic N) is 1. The van der Waals surface area contributed by atoms with Gasteiger partial charge in [-0.05, 0) is 20.8 Å². The van der Waals surface area contributed by atoms with Crippen molar-refractivity contribution < 1.29 is 9.53 Å². The normalized spacial score (nSPS) is 10.4. The molecule has 2 rings (SSSR count). The minimum atomic E-state index is -0.293. The van der Waals surface area contributed by atoms with Crippen molar-refractivity contribution in [1.29, 1.82) is 0 Å². The van der Waals surface area contributed by atoms with Gasteiger partial charge in [0.05, 0.1) is 17.3 Å². The lowest BCUT2D eigenvalue weighted by Gasteiger charge is -2.02. The maximum absolute atomic E-state index is 11.9. The fourth-order valence-electron chi connectivity index (χ4n) is 1.67. The molecule has 0 spiro atoms. The van der Waals surface area contributed by atoms with Crippen molar-refractivity contribution in [2.75, 3.05) is 6.61 Å². The zero-order valence-electron chi connectivity index (χ0n) is 10.7. The third kappa shape index (κ3) is 2.59. The van der Waals surface area contributed by atoms with Gasteiger partial charge in [-0.1, -0.05) is 29.8 Å². The molecule has 0 aliphatic carbocycles. The van der Waals surface area contributed by atoms with Crippen molar-refractivity contribution in [2.45, 2.75) is 20.8 Å². The predicted molar refractivity (Wildman–Crippen MR) is 73.0 cm³/mol. The average Bonchev–Trinajstić information content (AvgIpc) is 2.73.